The van der Waals surface area contributed by atoms with Crippen LogP contribution >= 0.6 is 11.8 Å². The highest BCUT2D eigenvalue weighted by molar-refractivity contribution is 8.17. The predicted molar refractivity (Wildman–Crippen MR) is 54.1 cm³/mol. The van der Waals surface area contributed by atoms with Gasteiger partial charge in [0.15, 0.2) is 0 Å². The summed E-state index contributed by atoms with van der Waals surface area (Å²) in [6.45, 7) is 0. The summed E-state index contributed by atoms with van der Waals surface area (Å²) in [5, 5.41) is 0. The van der Waals surface area contributed by atoms with E-state index in [1.54, 1.807) is 0 Å². The van der Waals surface area contributed by atoms with Crippen LogP contribution in [0.25, 0.3) is 0 Å². The first-order chi connectivity index (χ1) is 7.99. The first kappa shape index (κ1) is 15.8. The summed E-state index contributed by atoms with van der Waals surface area (Å²) in [5.74, 6) is -11.4. The molecule has 1 saturated heterocycles. The fourth-order valence-corrected chi connectivity index (χ4v) is 3.88. The molecule has 18 heavy (non-hydrogen) atoms. The molecule has 1 atom stereocenters. The van der Waals surface area contributed by atoms with Crippen molar-refractivity contribution in [1.29, 1.82) is 0 Å². The first-order valence-corrected chi connectivity index (χ1v) is 6.86. The van der Waals surface area contributed by atoms with Crippen LogP contribution in [0.15, 0.2) is 10.3 Å². The fraction of sp³-hybridized carbons (Fsp3) is 0.750. The third kappa shape index (κ3) is 3.01. The minimum atomic E-state index is -6.37. The second-order valence-corrected chi connectivity index (χ2v) is 6.34. The monoisotopic (exact) mass is 316 g/mol. The summed E-state index contributed by atoms with van der Waals surface area (Å²) in [7, 11) is -1.94. The number of rotatable bonds is 2. The molecule has 0 amide bonds. The zero-order chi connectivity index (χ0) is 14.2. The van der Waals surface area contributed by atoms with Crippen LogP contribution in [0.5, 0.6) is 0 Å². The molecule has 0 radical (unpaired) electrons. The van der Waals surface area contributed by atoms with Crippen LogP contribution in [-0.4, -0.2) is 33.7 Å². The van der Waals surface area contributed by atoms with E-state index in [0.717, 1.165) is 0 Å². The van der Waals surface area contributed by atoms with Crippen LogP contribution in [0, 0.1) is 0 Å². The minimum Gasteiger partial charge on any atom is -0.254 e. The van der Waals surface area contributed by atoms with E-state index < -0.39 is 39.1 Å². The molecule has 0 aromatic rings. The van der Waals surface area contributed by atoms with Gasteiger partial charge in [0.05, 0.1) is 15.0 Å². The number of halogens is 7. The lowest BCUT2D eigenvalue weighted by Crippen LogP contribution is -2.51. The highest BCUT2D eigenvalue weighted by atomic mass is 32.2. The topological polar surface area (TPSA) is 17.1 Å². The maximum atomic E-state index is 13.0. The highest BCUT2D eigenvalue weighted by Crippen LogP contribution is 2.48. The summed E-state index contributed by atoms with van der Waals surface area (Å²) >= 11 is 0.605. The van der Waals surface area contributed by atoms with E-state index in [1.807, 2.05) is 0 Å². The van der Waals surface area contributed by atoms with Crippen molar-refractivity contribution >= 4 is 22.6 Å². The average molecular weight is 316 g/mol. The lowest BCUT2D eigenvalue weighted by molar-refractivity contribution is -0.341. The molecule has 0 aliphatic carbocycles. The Hall–Kier alpha value is -0.250. The van der Waals surface area contributed by atoms with E-state index in [9.17, 15) is 34.9 Å². The van der Waals surface area contributed by atoms with Crippen LogP contribution in [0.3, 0.4) is 0 Å². The molecule has 1 aliphatic rings. The molecule has 1 unspecified atom stereocenters. The predicted octanol–water partition coefficient (Wildman–Crippen LogP) is 3.55. The summed E-state index contributed by atoms with van der Waals surface area (Å²) < 4.78 is 97.1. The molecule has 1 aliphatic heterocycles. The van der Waals surface area contributed by atoms with Crippen molar-refractivity contribution in [3.63, 3.8) is 0 Å². The number of alkyl halides is 7. The Morgan fingerprint density at radius 1 is 1.11 bits per heavy atom. The van der Waals surface area contributed by atoms with Crippen LogP contribution in [0.4, 0.5) is 30.7 Å². The third-order valence-electron chi connectivity index (χ3n) is 2.02. The third-order valence-corrected chi connectivity index (χ3v) is 5.05. The van der Waals surface area contributed by atoms with E-state index in [2.05, 4.69) is 0 Å². The maximum absolute atomic E-state index is 13.0. The van der Waals surface area contributed by atoms with Gasteiger partial charge in [-0.15, -0.1) is 11.8 Å². The Balaban J connectivity index is 3.07. The molecule has 0 saturated carbocycles. The molecule has 1 nitrogen and oxygen atoms in total. The number of hydrogen-bond acceptors (Lipinski definition) is 2. The van der Waals surface area contributed by atoms with Crippen LogP contribution in [0.1, 0.15) is 6.42 Å². The van der Waals surface area contributed by atoms with Gasteiger partial charge in [0.2, 0.25) is 0 Å². The SMILES string of the molecule is O=S1CCCS/C1=C\C(F)(F)C(F)(F)C(F)(F)F. The van der Waals surface area contributed by atoms with Gasteiger partial charge in [-0.1, -0.05) is 0 Å². The van der Waals surface area contributed by atoms with Crippen molar-refractivity contribution in [2.45, 2.75) is 24.4 Å². The van der Waals surface area contributed by atoms with Gasteiger partial charge in [-0.2, -0.15) is 30.7 Å². The molecular formula is C8H7F7OS2. The van der Waals surface area contributed by atoms with Crippen LogP contribution in [0.2, 0.25) is 0 Å². The van der Waals surface area contributed by atoms with Crippen molar-refractivity contribution in [2.75, 3.05) is 11.5 Å². The molecule has 1 rings (SSSR count). The van der Waals surface area contributed by atoms with E-state index >= 15 is 0 Å². The Bertz CT molecular complexity index is 374. The van der Waals surface area contributed by atoms with Gasteiger partial charge in [0.1, 0.15) is 0 Å². The normalized spacial score (nSPS) is 25.5. The van der Waals surface area contributed by atoms with Crippen molar-refractivity contribution < 1.29 is 34.9 Å². The first-order valence-electron chi connectivity index (χ1n) is 4.55. The van der Waals surface area contributed by atoms with Crippen LogP contribution in [-0.2, 0) is 10.8 Å². The molecule has 1 heterocycles. The van der Waals surface area contributed by atoms with E-state index in [1.165, 1.54) is 0 Å². The molecule has 0 N–H and O–H groups in total. The molecule has 0 spiro atoms. The Labute approximate surface area is 104 Å². The van der Waals surface area contributed by atoms with Crippen molar-refractivity contribution in [1.82, 2.24) is 0 Å². The van der Waals surface area contributed by atoms with Gasteiger partial charge < -0.3 is 0 Å². The Morgan fingerprint density at radius 3 is 2.11 bits per heavy atom. The second-order valence-electron chi connectivity index (χ2n) is 3.41. The summed E-state index contributed by atoms with van der Waals surface area (Å²) in [6.07, 6.45) is -6.47. The lowest BCUT2D eigenvalue weighted by Gasteiger charge is -2.27. The van der Waals surface area contributed by atoms with E-state index in [-0.39, 0.29) is 11.5 Å². The van der Waals surface area contributed by atoms with Gasteiger partial charge in [0, 0.05) is 11.8 Å². The van der Waals surface area contributed by atoms with E-state index in [0.29, 0.717) is 18.2 Å². The minimum absolute atomic E-state index is 0.0213. The molecular weight excluding hydrogens is 309 g/mol. The number of allylic oxidation sites excluding steroid dienone is 1. The average Bonchev–Trinajstić information content (AvgIpc) is 2.19. The van der Waals surface area contributed by atoms with Crippen LogP contribution < -0.4 is 0 Å². The van der Waals surface area contributed by atoms with Gasteiger partial charge in [-0.05, 0) is 12.2 Å². The molecule has 0 aromatic carbocycles. The second kappa shape index (κ2) is 5.03. The van der Waals surface area contributed by atoms with Gasteiger partial charge >= 0.3 is 18.0 Å². The largest absolute Gasteiger partial charge is 0.460 e. The maximum Gasteiger partial charge on any atom is 0.460 e. The smallest absolute Gasteiger partial charge is 0.254 e. The Kier molecular flexibility index (Phi) is 4.41. The van der Waals surface area contributed by atoms with Gasteiger partial charge in [0.25, 0.3) is 0 Å². The molecule has 10 heteroatoms. The lowest BCUT2D eigenvalue weighted by atomic mass is 10.1. The van der Waals surface area contributed by atoms with Gasteiger partial charge in [-0.25, -0.2) is 0 Å². The van der Waals surface area contributed by atoms with E-state index in [4.69, 9.17) is 0 Å². The highest BCUT2D eigenvalue weighted by Gasteiger charge is 2.72. The zero-order valence-corrected chi connectivity index (χ0v) is 10.2. The molecule has 1 fully saturated rings. The standard InChI is InChI=1S/C8H7F7OS2/c9-6(10,7(11,12)8(13,14)15)4-5-17-2-1-3-18(5)16/h4H,1-3H2/b5-4+. The summed E-state index contributed by atoms with van der Waals surface area (Å²) in [6, 6.07) is 0. The summed E-state index contributed by atoms with van der Waals surface area (Å²) in [4.78, 5) is 0. The van der Waals surface area contributed by atoms with Crippen molar-refractivity contribution in [3.8, 4) is 0 Å². The zero-order valence-electron chi connectivity index (χ0n) is 8.57. The quantitative estimate of drug-likeness (QED) is 0.725. The van der Waals surface area contributed by atoms with Crippen molar-refractivity contribution in [2.24, 2.45) is 0 Å². The Morgan fingerprint density at radius 2 is 1.67 bits per heavy atom. The van der Waals surface area contributed by atoms with Crippen molar-refractivity contribution in [3.05, 3.63) is 10.3 Å². The summed E-state index contributed by atoms with van der Waals surface area (Å²) in [5.41, 5.74) is 0. The number of hydrogen-bond donors (Lipinski definition) is 0. The van der Waals surface area contributed by atoms with Gasteiger partial charge in [-0.3, -0.25) is 4.21 Å². The molecule has 106 valence electrons. The fourth-order valence-electron chi connectivity index (χ4n) is 1.06. The molecule has 0 bridgehead atoms. The number of thioether (sulfide) groups is 1. The molecule has 0 aromatic heterocycles.